The van der Waals surface area contributed by atoms with Gasteiger partial charge in [-0.05, 0) is 65.4 Å². The predicted octanol–water partition coefficient (Wildman–Crippen LogP) is 5.53. The van der Waals surface area contributed by atoms with Crippen molar-refractivity contribution in [1.82, 2.24) is 15.2 Å². The van der Waals surface area contributed by atoms with Gasteiger partial charge in [-0.25, -0.2) is 9.78 Å². The first-order valence-corrected chi connectivity index (χ1v) is 14.8. The van der Waals surface area contributed by atoms with Crippen molar-refractivity contribution in [2.75, 3.05) is 18.9 Å². The molecule has 0 bridgehead atoms. The first-order valence-electron chi connectivity index (χ1n) is 12.8. The van der Waals surface area contributed by atoms with Crippen molar-refractivity contribution in [3.05, 3.63) is 60.7 Å². The molecular formula is C28H33ClN4O5S2. The number of halogens is 1. The molecule has 2 N–H and O–H groups in total. The van der Waals surface area contributed by atoms with Gasteiger partial charge in [-0.3, -0.25) is 9.59 Å². The number of thiazole rings is 1. The van der Waals surface area contributed by atoms with Crippen LogP contribution >= 0.6 is 34.3 Å². The topological polar surface area (TPSA) is 110 Å². The number of hydrogen-bond acceptors (Lipinski definition) is 9. The lowest BCUT2D eigenvalue weighted by molar-refractivity contribution is -0.170. The first-order chi connectivity index (χ1) is 18.7. The average Bonchev–Trinajstić information content (AvgIpc) is 3.48. The normalized spacial score (nSPS) is 13.9. The molecule has 1 aromatic carbocycles. The zero-order chi connectivity index (χ0) is 29.2. The van der Waals surface area contributed by atoms with E-state index in [4.69, 9.17) is 21.1 Å². The van der Waals surface area contributed by atoms with Gasteiger partial charge in [0.25, 0.3) is 11.8 Å². The Balaban J connectivity index is 1.57. The van der Waals surface area contributed by atoms with E-state index < -0.39 is 17.2 Å². The van der Waals surface area contributed by atoms with Crippen molar-refractivity contribution < 1.29 is 23.9 Å². The Hall–Kier alpha value is -2.99. The van der Waals surface area contributed by atoms with E-state index in [2.05, 4.69) is 20.5 Å². The summed E-state index contributed by atoms with van der Waals surface area (Å²) in [7, 11) is 2.04. The van der Waals surface area contributed by atoms with Gasteiger partial charge in [0.05, 0.1) is 14.9 Å². The monoisotopic (exact) mass is 604 g/mol. The van der Waals surface area contributed by atoms with E-state index in [0.29, 0.717) is 31.2 Å². The minimum absolute atomic E-state index is 0.138. The summed E-state index contributed by atoms with van der Waals surface area (Å²) in [6, 6.07) is 8.37. The first kappa shape index (κ1) is 30.0. The van der Waals surface area contributed by atoms with Gasteiger partial charge in [-0.15, -0.1) is 22.7 Å². The molecule has 0 aliphatic carbocycles. The van der Waals surface area contributed by atoms with Gasteiger partial charge >= 0.3 is 5.97 Å². The Bertz CT molecular complexity index is 1430. The second-order valence-corrected chi connectivity index (χ2v) is 13.8. The number of ether oxygens (including phenoxy) is 2. The molecule has 4 rings (SSSR count). The highest BCUT2D eigenvalue weighted by Crippen LogP contribution is 2.30. The molecule has 214 valence electrons. The van der Waals surface area contributed by atoms with Crippen LogP contribution in [0.1, 0.15) is 70.2 Å². The van der Waals surface area contributed by atoms with E-state index in [9.17, 15) is 14.4 Å². The highest BCUT2D eigenvalue weighted by Gasteiger charge is 2.35. The van der Waals surface area contributed by atoms with Gasteiger partial charge < -0.3 is 25.0 Å². The fraction of sp³-hybridized carbons (Fsp3) is 0.429. The lowest BCUT2D eigenvalue weighted by Crippen LogP contribution is -2.43. The average molecular weight is 605 g/mol. The Labute approximate surface area is 246 Å². The van der Waals surface area contributed by atoms with Crippen molar-refractivity contribution in [2.45, 2.75) is 65.3 Å². The van der Waals surface area contributed by atoms with E-state index in [1.807, 2.05) is 7.05 Å². The Morgan fingerprint density at radius 1 is 1.07 bits per heavy atom. The number of thiophene rings is 1. The minimum atomic E-state index is -1.29. The van der Waals surface area contributed by atoms with Crippen LogP contribution in [0.25, 0.3) is 0 Å². The molecule has 2 aromatic heterocycles. The summed E-state index contributed by atoms with van der Waals surface area (Å²) in [5.74, 6) is -0.804. The zero-order valence-electron chi connectivity index (χ0n) is 23.3. The van der Waals surface area contributed by atoms with E-state index in [1.165, 1.54) is 22.7 Å². The van der Waals surface area contributed by atoms with Crippen LogP contribution in [0.15, 0.2) is 30.3 Å². The maximum absolute atomic E-state index is 13.3. The molecule has 2 amide bonds. The number of carbonyl (C=O) groups excluding carboxylic acids is 3. The highest BCUT2D eigenvalue weighted by molar-refractivity contribution is 7.18. The molecule has 12 heteroatoms. The molecule has 0 radical (unpaired) electrons. The molecule has 0 unspecified atom stereocenters. The molecular weight excluding hydrogens is 572 g/mol. The molecule has 9 nitrogen and oxygen atoms in total. The number of esters is 1. The number of nitrogens with zero attached hydrogens (tertiary/aromatic N) is 2. The SMILES string of the molecule is CN1CCc2nc(C(=O)Nc3cc(OC(C)(C)C(=O)OC(C)(C)C)ccc3CNC(=O)c3ccc(Cl)s3)sc2C1. The number of aromatic nitrogens is 1. The summed E-state index contributed by atoms with van der Waals surface area (Å²) in [5, 5.41) is 6.17. The summed E-state index contributed by atoms with van der Waals surface area (Å²) in [5.41, 5.74) is 0.0629. The Morgan fingerprint density at radius 2 is 1.82 bits per heavy atom. The quantitative estimate of drug-likeness (QED) is 0.325. The van der Waals surface area contributed by atoms with Crippen molar-refractivity contribution >= 4 is 57.7 Å². The maximum Gasteiger partial charge on any atom is 0.350 e. The molecule has 0 atom stereocenters. The van der Waals surface area contributed by atoms with Crippen molar-refractivity contribution in [2.24, 2.45) is 0 Å². The molecule has 40 heavy (non-hydrogen) atoms. The van der Waals surface area contributed by atoms with Crippen LogP contribution in [0.2, 0.25) is 4.34 Å². The van der Waals surface area contributed by atoms with Gasteiger partial charge in [0, 0.05) is 42.7 Å². The van der Waals surface area contributed by atoms with E-state index in [0.717, 1.165) is 30.1 Å². The third-order valence-corrected chi connectivity index (χ3v) is 8.26. The molecule has 1 aliphatic rings. The lowest BCUT2D eigenvalue weighted by atomic mass is 10.1. The van der Waals surface area contributed by atoms with Gasteiger partial charge in [0.2, 0.25) is 0 Å². The highest BCUT2D eigenvalue weighted by atomic mass is 35.5. The fourth-order valence-electron chi connectivity index (χ4n) is 3.92. The maximum atomic E-state index is 13.3. The Morgan fingerprint density at radius 3 is 2.50 bits per heavy atom. The molecule has 0 spiro atoms. The summed E-state index contributed by atoms with van der Waals surface area (Å²) < 4.78 is 12.0. The number of amides is 2. The number of rotatable bonds is 8. The third-order valence-electron chi connectivity index (χ3n) is 5.95. The van der Waals surface area contributed by atoms with Crippen LogP contribution in [0.5, 0.6) is 5.75 Å². The van der Waals surface area contributed by atoms with Crippen LogP contribution in [0.3, 0.4) is 0 Å². The number of benzene rings is 1. The van der Waals surface area contributed by atoms with E-state index in [-0.39, 0.29) is 18.4 Å². The van der Waals surface area contributed by atoms with Crippen molar-refractivity contribution in [3.8, 4) is 5.75 Å². The fourth-order valence-corrected chi connectivity index (χ4v) is 5.96. The standard InChI is InChI=1S/C28H33ClN4O5S2/c1-27(2,3)38-26(36)28(4,5)37-17-8-7-16(14-30-23(34)20-9-10-22(29)39-20)19(13-17)31-24(35)25-32-18-11-12-33(6)15-21(18)40-25/h7-10,13H,11-12,14-15H2,1-6H3,(H,30,34)(H,31,35). The van der Waals surface area contributed by atoms with E-state index >= 15 is 0 Å². The van der Waals surface area contributed by atoms with Crippen molar-refractivity contribution in [3.63, 3.8) is 0 Å². The number of carbonyl (C=O) groups is 3. The second-order valence-electron chi connectivity index (χ2n) is 11.1. The van der Waals surface area contributed by atoms with Gasteiger partial charge in [-0.1, -0.05) is 17.7 Å². The summed E-state index contributed by atoms with van der Waals surface area (Å²) >= 11 is 8.53. The number of likely N-dealkylation sites (N-methyl/N-ethyl adjacent to an activating group) is 1. The van der Waals surface area contributed by atoms with Crippen LogP contribution in [0.4, 0.5) is 5.69 Å². The van der Waals surface area contributed by atoms with Crippen LogP contribution in [-0.4, -0.2) is 52.5 Å². The van der Waals surface area contributed by atoms with Gasteiger partial charge in [0.1, 0.15) is 11.4 Å². The second kappa shape index (κ2) is 11.9. The largest absolute Gasteiger partial charge is 0.476 e. The van der Waals surface area contributed by atoms with E-state index in [1.54, 1.807) is 65.0 Å². The van der Waals surface area contributed by atoms with Crippen LogP contribution in [0, 0.1) is 0 Å². The smallest absolute Gasteiger partial charge is 0.350 e. The number of hydrogen-bond donors (Lipinski definition) is 2. The third kappa shape index (κ3) is 7.60. The molecule has 3 aromatic rings. The minimum Gasteiger partial charge on any atom is -0.476 e. The Kier molecular flexibility index (Phi) is 8.89. The van der Waals surface area contributed by atoms with Crippen LogP contribution < -0.4 is 15.4 Å². The summed E-state index contributed by atoms with van der Waals surface area (Å²) in [6.07, 6.45) is 0.794. The number of anilines is 1. The number of nitrogens with one attached hydrogen (secondary N) is 2. The van der Waals surface area contributed by atoms with Gasteiger partial charge in [-0.2, -0.15) is 0 Å². The molecule has 1 aliphatic heterocycles. The van der Waals surface area contributed by atoms with Crippen LogP contribution in [-0.2, 0) is 29.0 Å². The summed E-state index contributed by atoms with van der Waals surface area (Å²) in [6.45, 7) is 10.4. The lowest BCUT2D eigenvalue weighted by Gasteiger charge is -2.29. The molecule has 0 saturated carbocycles. The zero-order valence-corrected chi connectivity index (χ0v) is 25.7. The van der Waals surface area contributed by atoms with Crippen molar-refractivity contribution in [1.29, 1.82) is 0 Å². The predicted molar refractivity (Wildman–Crippen MR) is 158 cm³/mol. The molecule has 0 saturated heterocycles. The molecule has 3 heterocycles. The number of fused-ring (bicyclic) bond motifs is 1. The molecule has 0 fully saturated rings. The van der Waals surface area contributed by atoms with Gasteiger partial charge in [0.15, 0.2) is 10.6 Å². The summed E-state index contributed by atoms with van der Waals surface area (Å²) in [4.78, 5) is 47.0.